The van der Waals surface area contributed by atoms with Crippen LogP contribution in [0.4, 0.5) is 33.7 Å². The highest BCUT2D eigenvalue weighted by Gasteiger charge is 2.34. The van der Waals surface area contributed by atoms with Crippen molar-refractivity contribution in [3.05, 3.63) is 35.7 Å². The largest absolute Gasteiger partial charge is 0.444 e. The van der Waals surface area contributed by atoms with Crippen molar-refractivity contribution < 1.29 is 41.5 Å². The molecule has 12 nitrogen and oxygen atoms in total. The number of amides is 2. The zero-order valence-electron chi connectivity index (χ0n) is 20.0. The molecule has 2 aliphatic heterocycles. The maximum Gasteiger partial charge on any atom is 0.414 e. The molecule has 2 amide bonds. The van der Waals surface area contributed by atoms with E-state index in [1.165, 1.54) is 11.1 Å². The number of hydroxylamine groups is 2. The van der Waals surface area contributed by atoms with Crippen molar-refractivity contribution in [3.63, 3.8) is 0 Å². The van der Waals surface area contributed by atoms with Crippen LogP contribution in [0.1, 0.15) is 18.5 Å². The fourth-order valence-electron chi connectivity index (χ4n) is 4.07. The Bertz CT molecular complexity index is 1130. The molecule has 3 heterocycles. The van der Waals surface area contributed by atoms with Gasteiger partial charge in [-0.3, -0.25) is 19.3 Å². The molecule has 206 valence electrons. The summed E-state index contributed by atoms with van der Waals surface area (Å²) < 4.78 is 60.0. The van der Waals surface area contributed by atoms with Crippen LogP contribution in [-0.2, 0) is 25.7 Å². The van der Waals surface area contributed by atoms with E-state index < -0.39 is 42.5 Å². The Morgan fingerprint density at radius 2 is 1.95 bits per heavy atom. The number of alkyl halides is 2. The summed E-state index contributed by atoms with van der Waals surface area (Å²) in [6, 6.07) is 1.93. The molecule has 0 spiro atoms. The Labute approximate surface area is 213 Å². The molecule has 1 aromatic carbocycles. The van der Waals surface area contributed by atoms with Crippen LogP contribution in [0.2, 0.25) is 0 Å². The lowest BCUT2D eigenvalue weighted by atomic mass is 10.1. The smallest absolute Gasteiger partial charge is 0.414 e. The van der Waals surface area contributed by atoms with Crippen LogP contribution in [0.25, 0.3) is 0 Å². The minimum atomic E-state index is -3.12. The molecular weight excluding hydrogens is 518 g/mol. The summed E-state index contributed by atoms with van der Waals surface area (Å²) in [5.74, 6) is -3.54. The molecule has 2 fully saturated rings. The zero-order chi connectivity index (χ0) is 27.2. The van der Waals surface area contributed by atoms with E-state index in [9.17, 15) is 23.2 Å². The van der Waals surface area contributed by atoms with Gasteiger partial charge in [0, 0.05) is 38.2 Å². The summed E-state index contributed by atoms with van der Waals surface area (Å²) in [5, 5.41) is 14.0. The Kier molecular flexibility index (Phi) is 8.73. The van der Waals surface area contributed by atoms with Crippen molar-refractivity contribution in [2.45, 2.75) is 31.9 Å². The highest BCUT2D eigenvalue weighted by molar-refractivity contribution is 5.90. The van der Waals surface area contributed by atoms with Gasteiger partial charge in [0.05, 0.1) is 43.8 Å². The van der Waals surface area contributed by atoms with Crippen molar-refractivity contribution in [1.29, 1.82) is 0 Å². The first-order valence-corrected chi connectivity index (χ1v) is 11.7. The second-order valence-corrected chi connectivity index (χ2v) is 8.56. The first-order valence-electron chi connectivity index (χ1n) is 11.7. The normalized spacial score (nSPS) is 18.2. The van der Waals surface area contributed by atoms with Crippen LogP contribution in [0.5, 0.6) is 0 Å². The topological polar surface area (TPSA) is 133 Å². The van der Waals surface area contributed by atoms with Gasteiger partial charge in [0.1, 0.15) is 11.8 Å². The van der Waals surface area contributed by atoms with Gasteiger partial charge in [0.15, 0.2) is 17.4 Å². The van der Waals surface area contributed by atoms with Gasteiger partial charge in [-0.25, -0.2) is 27.4 Å². The summed E-state index contributed by atoms with van der Waals surface area (Å²) in [7, 11) is 0. The summed E-state index contributed by atoms with van der Waals surface area (Å²) in [6.07, 6.45) is -3.99. The predicted molar refractivity (Wildman–Crippen MR) is 122 cm³/mol. The quantitative estimate of drug-likeness (QED) is 0.427. The van der Waals surface area contributed by atoms with E-state index in [2.05, 4.69) is 20.7 Å². The van der Waals surface area contributed by atoms with Crippen LogP contribution in [0.15, 0.2) is 18.3 Å². The van der Waals surface area contributed by atoms with E-state index in [0.717, 1.165) is 22.1 Å². The lowest BCUT2D eigenvalue weighted by Crippen LogP contribution is -2.39. The number of carbonyl (C=O) groups is 3. The number of carbonyl (C=O) groups excluding carboxylic acids is 3. The molecule has 2 aliphatic rings. The minimum Gasteiger partial charge on any atom is -0.444 e. The summed E-state index contributed by atoms with van der Waals surface area (Å²) in [5.41, 5.74) is 0.162. The molecule has 38 heavy (non-hydrogen) atoms. The summed E-state index contributed by atoms with van der Waals surface area (Å²) in [6.45, 7) is 0.323. The van der Waals surface area contributed by atoms with Crippen LogP contribution < -0.4 is 15.1 Å². The van der Waals surface area contributed by atoms with Crippen LogP contribution in [-0.4, -0.2) is 90.1 Å². The average Bonchev–Trinajstić information content (AvgIpc) is 3.45. The third kappa shape index (κ3) is 6.55. The lowest BCUT2D eigenvalue weighted by Gasteiger charge is -2.24. The number of nitrogens with one attached hydrogen (secondary N) is 2. The van der Waals surface area contributed by atoms with Crippen LogP contribution in [0, 0.1) is 11.6 Å². The Morgan fingerprint density at radius 1 is 1.18 bits per heavy atom. The number of benzene rings is 1. The van der Waals surface area contributed by atoms with E-state index in [4.69, 9.17) is 9.57 Å². The molecule has 16 heteroatoms. The fourth-order valence-corrected chi connectivity index (χ4v) is 4.07. The molecule has 4 rings (SSSR count). The van der Waals surface area contributed by atoms with Crippen molar-refractivity contribution >= 4 is 29.2 Å². The van der Waals surface area contributed by atoms with Gasteiger partial charge in [-0.2, -0.15) is 15.4 Å². The highest BCUT2D eigenvalue weighted by Crippen LogP contribution is 2.32. The first kappa shape index (κ1) is 27.3. The molecule has 0 radical (unpaired) electrons. The zero-order valence-corrected chi connectivity index (χ0v) is 20.0. The van der Waals surface area contributed by atoms with Gasteiger partial charge < -0.3 is 15.0 Å². The number of H-pyrrole nitrogens is 1. The van der Waals surface area contributed by atoms with Gasteiger partial charge in [-0.1, -0.05) is 0 Å². The number of hydrogen-bond acceptors (Lipinski definition) is 9. The average molecular weight is 543 g/mol. The maximum atomic E-state index is 15.1. The lowest BCUT2D eigenvalue weighted by molar-refractivity contribution is -0.180. The molecule has 2 aromatic rings. The van der Waals surface area contributed by atoms with E-state index in [-0.39, 0.29) is 63.0 Å². The van der Waals surface area contributed by atoms with Gasteiger partial charge in [-0.15, -0.1) is 0 Å². The van der Waals surface area contributed by atoms with Gasteiger partial charge >= 0.3 is 6.09 Å². The summed E-state index contributed by atoms with van der Waals surface area (Å²) >= 11 is 0. The maximum absolute atomic E-state index is 15.1. The van der Waals surface area contributed by atoms with E-state index >= 15 is 8.78 Å². The molecule has 1 atom stereocenters. The highest BCUT2D eigenvalue weighted by atomic mass is 19.3. The second-order valence-electron chi connectivity index (χ2n) is 8.56. The predicted octanol–water partition coefficient (Wildman–Crippen LogP) is 1.39. The Morgan fingerprint density at radius 3 is 2.63 bits per heavy atom. The van der Waals surface area contributed by atoms with E-state index in [1.54, 1.807) is 0 Å². The number of anilines is 2. The van der Waals surface area contributed by atoms with Crippen molar-refractivity contribution in [3.8, 4) is 0 Å². The van der Waals surface area contributed by atoms with Gasteiger partial charge in [-0.05, 0) is 6.42 Å². The standard InChI is InChI=1S/C22H25F4N7O5/c23-16-7-14(32-12-15(38-22(32)36)1-2-18(34)21(25)26)8-17(24)20(16)31-3-4-33(37-6-5-31)19(35)11-27-9-13-10-28-30-29-13/h7-8,10,15,21,27H,1-6,9,11-12H2,(H,28,29,30)/t15-/m0/s1. The van der Waals surface area contributed by atoms with Crippen LogP contribution in [0.3, 0.4) is 0 Å². The number of ether oxygens (including phenoxy) is 1. The number of halogens is 4. The third-order valence-corrected chi connectivity index (χ3v) is 5.97. The SMILES string of the molecule is O=C(CC[C@H]1CN(c2cc(F)c(N3CCON(C(=O)CNCc4cn[nH]n4)CC3)c(F)c2)C(=O)O1)C(F)F. The number of aromatic amines is 1. The molecule has 0 aliphatic carbocycles. The Hall–Kier alpha value is -3.79. The van der Waals surface area contributed by atoms with E-state index in [0.29, 0.717) is 12.2 Å². The molecule has 0 bridgehead atoms. The molecule has 1 aromatic heterocycles. The van der Waals surface area contributed by atoms with E-state index in [1.807, 2.05) is 0 Å². The first-order chi connectivity index (χ1) is 18.2. The van der Waals surface area contributed by atoms with Gasteiger partial charge in [0.25, 0.3) is 12.3 Å². The monoisotopic (exact) mass is 543 g/mol. The molecule has 2 N–H and O–H groups in total. The number of ketones is 1. The van der Waals surface area contributed by atoms with Crippen molar-refractivity contribution in [1.82, 2.24) is 25.8 Å². The number of aromatic nitrogens is 3. The Balaban J connectivity index is 1.34. The molecule has 2 saturated heterocycles. The minimum absolute atomic E-state index is 0.00682. The number of Topliss-reactive ketones (excluding diaryl/α,β-unsaturated/α-hetero) is 1. The van der Waals surface area contributed by atoms with Gasteiger partial charge in [0.2, 0.25) is 0 Å². The number of hydrogen-bond donors (Lipinski definition) is 2. The molecular formula is C22H25F4N7O5. The number of cyclic esters (lactones) is 1. The van der Waals surface area contributed by atoms with Crippen molar-refractivity contribution in [2.75, 3.05) is 49.1 Å². The van der Waals surface area contributed by atoms with Crippen LogP contribution >= 0.6 is 0 Å². The molecule has 0 unspecified atom stereocenters. The van der Waals surface area contributed by atoms with Crippen molar-refractivity contribution in [2.24, 2.45) is 0 Å². The summed E-state index contributed by atoms with van der Waals surface area (Å²) in [4.78, 5) is 43.6. The number of nitrogens with zero attached hydrogens (tertiary/aromatic N) is 5. The third-order valence-electron chi connectivity index (χ3n) is 5.97. The molecule has 0 saturated carbocycles. The number of rotatable bonds is 10. The fraction of sp³-hybridized carbons (Fsp3) is 0.500. The second kappa shape index (κ2) is 12.2.